The molecule has 0 bridgehead atoms. The summed E-state index contributed by atoms with van der Waals surface area (Å²) in [6.07, 6.45) is -0.717. The van der Waals surface area contributed by atoms with Crippen LogP contribution in [-0.2, 0) is 11.2 Å². The Balaban J connectivity index is 1.60. The quantitative estimate of drug-likeness (QED) is 0.527. The fraction of sp³-hybridized carbons (Fsp3) is 0.240. The summed E-state index contributed by atoms with van der Waals surface area (Å²) in [4.78, 5) is 10.8. The highest BCUT2D eigenvalue weighted by atomic mass is 19.1. The summed E-state index contributed by atoms with van der Waals surface area (Å²) in [5.74, 6) is -1.31. The molecule has 3 aromatic carbocycles. The number of hydrogen-bond donors (Lipinski definition) is 2. The summed E-state index contributed by atoms with van der Waals surface area (Å²) >= 11 is 0. The molecular weight excluding hydrogens is 418 g/mol. The van der Waals surface area contributed by atoms with Gasteiger partial charge in [-0.15, -0.1) is 0 Å². The molecule has 1 aliphatic carbocycles. The summed E-state index contributed by atoms with van der Waals surface area (Å²) in [6, 6.07) is 13.8. The molecular formula is C25H22F2O5. The molecule has 5 nitrogen and oxygen atoms in total. The average molecular weight is 440 g/mol. The Morgan fingerprint density at radius 3 is 2.59 bits per heavy atom. The number of carboxylic acids is 1. The van der Waals surface area contributed by atoms with Gasteiger partial charge in [0.25, 0.3) is 0 Å². The van der Waals surface area contributed by atoms with Crippen molar-refractivity contribution in [2.24, 2.45) is 0 Å². The number of carboxylic acid groups (broad SMARTS) is 1. The van der Waals surface area contributed by atoms with Gasteiger partial charge in [-0.05, 0) is 72.0 Å². The molecule has 0 heterocycles. The highest BCUT2D eigenvalue weighted by Gasteiger charge is 2.27. The number of ether oxygens (including phenoxy) is 2. The number of hydrogen-bond acceptors (Lipinski definition) is 4. The Morgan fingerprint density at radius 1 is 1.06 bits per heavy atom. The minimum Gasteiger partial charge on any atom is -0.497 e. The first-order chi connectivity index (χ1) is 15.4. The Kier molecular flexibility index (Phi) is 6.10. The zero-order valence-electron chi connectivity index (χ0n) is 17.3. The number of benzene rings is 3. The molecule has 0 saturated heterocycles. The molecule has 1 aliphatic rings. The molecule has 7 heteroatoms. The molecule has 0 amide bonds. The third-order valence-electron chi connectivity index (χ3n) is 5.60. The maximum atomic E-state index is 15.0. The lowest BCUT2D eigenvalue weighted by molar-refractivity contribution is -0.139. The summed E-state index contributed by atoms with van der Waals surface area (Å²) in [5, 5.41) is 18.9. The second-order valence-electron chi connectivity index (χ2n) is 7.71. The zero-order chi connectivity index (χ0) is 22.8. The maximum absolute atomic E-state index is 15.0. The van der Waals surface area contributed by atoms with E-state index in [0.717, 1.165) is 5.56 Å². The summed E-state index contributed by atoms with van der Waals surface area (Å²) < 4.78 is 40.5. The van der Waals surface area contributed by atoms with Gasteiger partial charge in [0, 0.05) is 11.1 Å². The Bertz CT molecular complexity index is 1160. The molecule has 0 unspecified atom stereocenters. The monoisotopic (exact) mass is 440 g/mol. The van der Waals surface area contributed by atoms with Gasteiger partial charge in [0.15, 0.2) is 0 Å². The Hall–Kier alpha value is -3.45. The molecule has 2 atom stereocenters. The molecule has 32 heavy (non-hydrogen) atoms. The van der Waals surface area contributed by atoms with Crippen molar-refractivity contribution >= 4 is 5.97 Å². The first-order valence-corrected chi connectivity index (χ1v) is 10.2. The van der Waals surface area contributed by atoms with Crippen molar-refractivity contribution in [3.05, 3.63) is 82.9 Å². The molecule has 0 aromatic heterocycles. The standard InChI is InChI=1S/C25H22F2O5/c1-31-16-6-7-21(26)20(11-16)19-10-14-5-8-24(18(14)12-22(19)27)32-17-4-2-3-15(9-17)23(28)13-25(29)30/h2-4,6-7,9-12,23-24,28H,5,8,13H2,1H3,(H,29,30)/t23-,24-/m1/s1. The minimum absolute atomic E-state index is 0.133. The fourth-order valence-electron chi connectivity index (χ4n) is 4.00. The van der Waals surface area contributed by atoms with Crippen LogP contribution in [0.4, 0.5) is 8.78 Å². The lowest BCUT2D eigenvalue weighted by Crippen LogP contribution is -2.07. The van der Waals surface area contributed by atoms with Gasteiger partial charge in [-0.1, -0.05) is 12.1 Å². The van der Waals surface area contributed by atoms with E-state index in [9.17, 15) is 18.7 Å². The first kappa shape index (κ1) is 21.8. The van der Waals surface area contributed by atoms with E-state index in [4.69, 9.17) is 14.6 Å². The fourth-order valence-corrected chi connectivity index (χ4v) is 4.00. The number of halogens is 2. The van der Waals surface area contributed by atoms with Gasteiger partial charge in [-0.3, -0.25) is 4.79 Å². The van der Waals surface area contributed by atoms with E-state index in [1.54, 1.807) is 30.3 Å². The lowest BCUT2D eigenvalue weighted by atomic mass is 9.98. The van der Waals surface area contributed by atoms with Crippen molar-refractivity contribution in [1.82, 2.24) is 0 Å². The van der Waals surface area contributed by atoms with Crippen LogP contribution in [0, 0.1) is 11.6 Å². The normalized spacial score (nSPS) is 15.8. The molecule has 166 valence electrons. The van der Waals surface area contributed by atoms with Crippen LogP contribution < -0.4 is 9.47 Å². The van der Waals surface area contributed by atoms with E-state index >= 15 is 0 Å². The molecule has 2 N–H and O–H groups in total. The summed E-state index contributed by atoms with van der Waals surface area (Å²) in [6.45, 7) is 0. The largest absolute Gasteiger partial charge is 0.497 e. The maximum Gasteiger partial charge on any atom is 0.306 e. The summed E-state index contributed by atoms with van der Waals surface area (Å²) in [7, 11) is 1.47. The number of aryl methyl sites for hydroxylation is 1. The molecule has 3 aromatic rings. The van der Waals surface area contributed by atoms with E-state index < -0.39 is 36.2 Å². The molecule has 0 fully saturated rings. The third kappa shape index (κ3) is 4.43. The topological polar surface area (TPSA) is 76.0 Å². The van der Waals surface area contributed by atoms with Gasteiger partial charge in [0.1, 0.15) is 29.2 Å². The SMILES string of the molecule is COc1ccc(F)c(-c2cc3c(cc2F)[C@H](Oc2cccc([C@H](O)CC(=O)O)c2)CC3)c1. The van der Waals surface area contributed by atoms with Gasteiger partial charge in [-0.2, -0.15) is 0 Å². The van der Waals surface area contributed by atoms with Crippen LogP contribution in [0.1, 0.15) is 41.7 Å². The predicted octanol–water partition coefficient (Wildman–Crippen LogP) is 5.21. The van der Waals surface area contributed by atoms with Crippen molar-refractivity contribution in [2.75, 3.05) is 7.11 Å². The smallest absolute Gasteiger partial charge is 0.306 e. The van der Waals surface area contributed by atoms with E-state index in [-0.39, 0.29) is 11.1 Å². The molecule has 0 radical (unpaired) electrons. The van der Waals surface area contributed by atoms with Gasteiger partial charge in [0.2, 0.25) is 0 Å². The number of aliphatic carboxylic acids is 1. The number of fused-ring (bicyclic) bond motifs is 1. The van der Waals surface area contributed by atoms with Crippen molar-refractivity contribution < 1.29 is 33.3 Å². The molecule has 0 spiro atoms. The number of aliphatic hydroxyl groups excluding tert-OH is 1. The van der Waals surface area contributed by atoms with E-state index in [0.29, 0.717) is 35.5 Å². The zero-order valence-corrected chi connectivity index (χ0v) is 17.3. The van der Waals surface area contributed by atoms with Gasteiger partial charge < -0.3 is 19.7 Å². The molecule has 0 aliphatic heterocycles. The second-order valence-corrected chi connectivity index (χ2v) is 7.71. The van der Waals surface area contributed by atoms with Crippen LogP contribution in [0.5, 0.6) is 11.5 Å². The third-order valence-corrected chi connectivity index (χ3v) is 5.60. The highest BCUT2D eigenvalue weighted by Crippen LogP contribution is 2.40. The van der Waals surface area contributed by atoms with E-state index in [2.05, 4.69) is 0 Å². The van der Waals surface area contributed by atoms with Crippen LogP contribution in [0.25, 0.3) is 11.1 Å². The van der Waals surface area contributed by atoms with Crippen LogP contribution in [-0.4, -0.2) is 23.3 Å². The predicted molar refractivity (Wildman–Crippen MR) is 114 cm³/mol. The Morgan fingerprint density at radius 2 is 1.84 bits per heavy atom. The average Bonchev–Trinajstić information content (AvgIpc) is 3.14. The lowest BCUT2D eigenvalue weighted by Gasteiger charge is -2.17. The summed E-state index contributed by atoms with van der Waals surface area (Å²) in [5.41, 5.74) is 2.29. The molecule has 4 rings (SSSR count). The number of methoxy groups -OCH3 is 1. The van der Waals surface area contributed by atoms with E-state index in [1.165, 1.54) is 31.4 Å². The van der Waals surface area contributed by atoms with E-state index in [1.807, 2.05) is 0 Å². The number of aliphatic hydroxyl groups is 1. The van der Waals surface area contributed by atoms with Crippen LogP contribution in [0.3, 0.4) is 0 Å². The van der Waals surface area contributed by atoms with Gasteiger partial charge in [-0.25, -0.2) is 8.78 Å². The highest BCUT2D eigenvalue weighted by molar-refractivity contribution is 5.69. The Labute approximate surface area is 183 Å². The van der Waals surface area contributed by atoms with Gasteiger partial charge in [0.05, 0.1) is 19.6 Å². The van der Waals surface area contributed by atoms with Crippen molar-refractivity contribution in [2.45, 2.75) is 31.5 Å². The number of rotatable bonds is 7. The first-order valence-electron chi connectivity index (χ1n) is 10.2. The van der Waals surface area contributed by atoms with Gasteiger partial charge >= 0.3 is 5.97 Å². The second kappa shape index (κ2) is 8.96. The molecule has 0 saturated carbocycles. The van der Waals surface area contributed by atoms with Crippen molar-refractivity contribution in [3.63, 3.8) is 0 Å². The van der Waals surface area contributed by atoms with Crippen molar-refractivity contribution in [3.8, 4) is 22.6 Å². The van der Waals surface area contributed by atoms with Crippen LogP contribution in [0.2, 0.25) is 0 Å². The van der Waals surface area contributed by atoms with Crippen LogP contribution >= 0.6 is 0 Å². The van der Waals surface area contributed by atoms with Crippen LogP contribution in [0.15, 0.2) is 54.6 Å². The van der Waals surface area contributed by atoms with Crippen molar-refractivity contribution in [1.29, 1.82) is 0 Å². The number of carbonyl (C=O) groups is 1. The minimum atomic E-state index is -1.15.